The van der Waals surface area contributed by atoms with Gasteiger partial charge in [0.25, 0.3) is 10.0 Å². The number of aromatic amines is 1. The van der Waals surface area contributed by atoms with Crippen molar-refractivity contribution >= 4 is 26.8 Å². The van der Waals surface area contributed by atoms with Crippen LogP contribution in [0.25, 0.3) is 11.1 Å². The zero-order valence-corrected chi connectivity index (χ0v) is 11.3. The fourth-order valence-corrected chi connectivity index (χ4v) is 3.02. The summed E-state index contributed by atoms with van der Waals surface area (Å²) in [6, 6.07) is 9.29. The molecule has 0 radical (unpaired) electrons. The average Bonchev–Trinajstić information content (AvgIpc) is 2.78. The van der Waals surface area contributed by atoms with Crippen molar-refractivity contribution in [1.82, 2.24) is 4.98 Å². The predicted molar refractivity (Wildman–Crippen MR) is 74.0 cm³/mol. The Hall–Kier alpha value is -2.61. The molecule has 2 N–H and O–H groups in total. The Morgan fingerprint density at radius 3 is 2.67 bits per heavy atom. The third-order valence-electron chi connectivity index (χ3n) is 2.80. The van der Waals surface area contributed by atoms with Gasteiger partial charge in [-0.2, -0.15) is 0 Å². The Morgan fingerprint density at radius 2 is 1.90 bits per heavy atom. The highest BCUT2D eigenvalue weighted by Crippen LogP contribution is 2.21. The molecule has 108 valence electrons. The van der Waals surface area contributed by atoms with E-state index in [0.29, 0.717) is 11.1 Å². The molecule has 1 aromatic heterocycles. The summed E-state index contributed by atoms with van der Waals surface area (Å²) in [5, 5.41) is 0. The first-order valence-corrected chi connectivity index (χ1v) is 7.34. The van der Waals surface area contributed by atoms with Crippen LogP contribution in [-0.2, 0) is 10.0 Å². The molecular weight excluding hydrogens is 299 g/mol. The lowest BCUT2D eigenvalue weighted by molar-refractivity contribution is 0.555. The van der Waals surface area contributed by atoms with Gasteiger partial charge in [-0.25, -0.2) is 17.6 Å². The van der Waals surface area contributed by atoms with E-state index in [2.05, 4.69) is 9.71 Å². The summed E-state index contributed by atoms with van der Waals surface area (Å²) in [6.07, 6.45) is 0. The maximum atomic E-state index is 13.6. The van der Waals surface area contributed by atoms with Crippen molar-refractivity contribution in [1.29, 1.82) is 0 Å². The number of oxazole rings is 1. The summed E-state index contributed by atoms with van der Waals surface area (Å²) in [6.45, 7) is 0. The lowest BCUT2D eigenvalue weighted by atomic mass is 10.3. The summed E-state index contributed by atoms with van der Waals surface area (Å²) < 4.78 is 44.9. The quantitative estimate of drug-likeness (QED) is 0.774. The molecule has 0 spiro atoms. The Bertz CT molecular complexity index is 975. The van der Waals surface area contributed by atoms with Crippen LogP contribution in [-0.4, -0.2) is 13.4 Å². The minimum absolute atomic E-state index is 0.183. The fourth-order valence-electron chi connectivity index (χ4n) is 1.89. The van der Waals surface area contributed by atoms with Crippen molar-refractivity contribution in [3.63, 3.8) is 0 Å². The highest BCUT2D eigenvalue weighted by atomic mass is 32.2. The molecule has 6 nitrogen and oxygen atoms in total. The molecule has 3 rings (SSSR count). The van der Waals surface area contributed by atoms with Gasteiger partial charge in [-0.1, -0.05) is 12.1 Å². The maximum absolute atomic E-state index is 13.6. The van der Waals surface area contributed by atoms with Crippen molar-refractivity contribution in [2.45, 2.75) is 4.90 Å². The number of benzene rings is 2. The molecule has 8 heteroatoms. The Morgan fingerprint density at radius 1 is 1.14 bits per heavy atom. The molecule has 0 saturated carbocycles. The van der Waals surface area contributed by atoms with Crippen LogP contribution in [0.15, 0.2) is 56.6 Å². The van der Waals surface area contributed by atoms with E-state index in [4.69, 9.17) is 4.42 Å². The second kappa shape index (κ2) is 4.74. The van der Waals surface area contributed by atoms with Crippen LogP contribution < -0.4 is 10.5 Å². The van der Waals surface area contributed by atoms with Crippen LogP contribution in [0.4, 0.5) is 10.1 Å². The zero-order chi connectivity index (χ0) is 15.0. The summed E-state index contributed by atoms with van der Waals surface area (Å²) in [5.41, 5.74) is 0.824. The molecular formula is C13H9FN2O4S. The van der Waals surface area contributed by atoms with Crippen LogP contribution in [0, 0.1) is 5.82 Å². The van der Waals surface area contributed by atoms with Crippen LogP contribution in [0.2, 0.25) is 0 Å². The minimum atomic E-state index is -4.05. The van der Waals surface area contributed by atoms with Gasteiger partial charge in [-0.15, -0.1) is 0 Å². The zero-order valence-electron chi connectivity index (χ0n) is 10.5. The van der Waals surface area contributed by atoms with Crippen LogP contribution in [0.1, 0.15) is 0 Å². The van der Waals surface area contributed by atoms with Crippen LogP contribution in [0.3, 0.4) is 0 Å². The predicted octanol–water partition coefficient (Wildman–Crippen LogP) is 2.06. The lowest BCUT2D eigenvalue weighted by Crippen LogP contribution is -2.14. The molecule has 3 aromatic rings. The first-order valence-electron chi connectivity index (χ1n) is 5.86. The summed E-state index contributed by atoms with van der Waals surface area (Å²) >= 11 is 0. The van der Waals surface area contributed by atoms with Gasteiger partial charge in [-0.05, 0) is 30.3 Å². The van der Waals surface area contributed by atoms with Crippen molar-refractivity contribution in [2.75, 3.05) is 4.72 Å². The average molecular weight is 308 g/mol. The van der Waals surface area contributed by atoms with E-state index in [1.165, 1.54) is 30.3 Å². The van der Waals surface area contributed by atoms with E-state index in [1.54, 1.807) is 0 Å². The highest BCUT2D eigenvalue weighted by molar-refractivity contribution is 7.92. The van der Waals surface area contributed by atoms with Gasteiger partial charge in [0, 0.05) is 0 Å². The topological polar surface area (TPSA) is 92.2 Å². The van der Waals surface area contributed by atoms with E-state index in [1.807, 2.05) is 0 Å². The van der Waals surface area contributed by atoms with Gasteiger partial charge < -0.3 is 4.42 Å². The Balaban J connectivity index is 2.01. The van der Waals surface area contributed by atoms with Gasteiger partial charge >= 0.3 is 5.76 Å². The Labute approximate surface area is 118 Å². The number of hydrogen-bond acceptors (Lipinski definition) is 4. The SMILES string of the molecule is O=c1[nH]c2cc(NS(=O)(=O)c3ccccc3F)ccc2o1. The van der Waals surface area contributed by atoms with Crippen LogP contribution in [0.5, 0.6) is 0 Å². The summed E-state index contributed by atoms with van der Waals surface area (Å²) in [7, 11) is -4.05. The van der Waals surface area contributed by atoms with Crippen molar-refractivity contribution < 1.29 is 17.2 Å². The molecule has 0 amide bonds. The molecule has 0 aliphatic rings. The normalized spacial score (nSPS) is 11.7. The van der Waals surface area contributed by atoms with Crippen molar-refractivity contribution in [3.8, 4) is 0 Å². The van der Waals surface area contributed by atoms with Crippen molar-refractivity contribution in [2.24, 2.45) is 0 Å². The lowest BCUT2D eigenvalue weighted by Gasteiger charge is -2.08. The number of H-pyrrole nitrogens is 1. The van der Waals surface area contributed by atoms with E-state index in [0.717, 1.165) is 12.1 Å². The molecule has 0 aliphatic heterocycles. The third kappa shape index (κ3) is 2.52. The first-order chi connectivity index (χ1) is 9.95. The molecule has 0 aliphatic carbocycles. The minimum Gasteiger partial charge on any atom is -0.408 e. The van der Waals surface area contributed by atoms with Gasteiger partial charge in [-0.3, -0.25) is 9.71 Å². The first kappa shape index (κ1) is 13.4. The van der Waals surface area contributed by atoms with Crippen molar-refractivity contribution in [3.05, 3.63) is 58.8 Å². The molecule has 0 bridgehead atoms. The molecule has 0 fully saturated rings. The standard InChI is InChI=1S/C13H9FN2O4S/c14-9-3-1-2-4-12(9)21(18,19)16-8-5-6-11-10(7-8)15-13(17)20-11/h1-7,16H,(H,15,17). The molecule has 0 atom stereocenters. The van der Waals surface area contributed by atoms with Gasteiger partial charge in [0.05, 0.1) is 11.2 Å². The number of fused-ring (bicyclic) bond motifs is 1. The second-order valence-corrected chi connectivity index (χ2v) is 5.91. The molecule has 0 saturated heterocycles. The number of hydrogen-bond donors (Lipinski definition) is 2. The number of rotatable bonds is 3. The second-order valence-electron chi connectivity index (χ2n) is 4.26. The number of sulfonamides is 1. The molecule has 1 heterocycles. The number of aromatic nitrogens is 1. The number of anilines is 1. The van der Waals surface area contributed by atoms with E-state index in [9.17, 15) is 17.6 Å². The van der Waals surface area contributed by atoms with Gasteiger partial charge in [0.2, 0.25) is 0 Å². The largest absolute Gasteiger partial charge is 0.417 e. The maximum Gasteiger partial charge on any atom is 0.417 e. The van der Waals surface area contributed by atoms with Gasteiger partial charge in [0.15, 0.2) is 5.58 Å². The van der Waals surface area contributed by atoms with E-state index in [-0.39, 0.29) is 5.69 Å². The van der Waals surface area contributed by atoms with Crippen LogP contribution >= 0.6 is 0 Å². The summed E-state index contributed by atoms with van der Waals surface area (Å²) in [4.78, 5) is 13.0. The highest BCUT2D eigenvalue weighted by Gasteiger charge is 2.18. The monoisotopic (exact) mass is 308 g/mol. The molecule has 21 heavy (non-hydrogen) atoms. The number of nitrogens with one attached hydrogen (secondary N) is 2. The Kier molecular flexibility index (Phi) is 3.02. The fraction of sp³-hybridized carbons (Fsp3) is 0. The van der Waals surface area contributed by atoms with E-state index < -0.39 is 26.5 Å². The van der Waals surface area contributed by atoms with Gasteiger partial charge in [0.1, 0.15) is 10.7 Å². The third-order valence-corrected chi connectivity index (χ3v) is 4.21. The molecule has 0 unspecified atom stereocenters. The number of halogens is 1. The smallest absolute Gasteiger partial charge is 0.408 e. The molecule has 2 aromatic carbocycles. The summed E-state index contributed by atoms with van der Waals surface area (Å²) in [5.74, 6) is -1.48. The van der Waals surface area contributed by atoms with E-state index >= 15 is 0 Å².